The summed E-state index contributed by atoms with van der Waals surface area (Å²) in [6.07, 6.45) is 2.98. The molecule has 0 saturated heterocycles. The van der Waals surface area contributed by atoms with Crippen LogP contribution in [0.15, 0.2) is 42.5 Å². The summed E-state index contributed by atoms with van der Waals surface area (Å²) in [6.45, 7) is 9.30. The van der Waals surface area contributed by atoms with Gasteiger partial charge >= 0.3 is 0 Å². The Balaban J connectivity index is 2.10. The van der Waals surface area contributed by atoms with Gasteiger partial charge in [-0.1, -0.05) is 38.4 Å². The second-order valence-corrected chi connectivity index (χ2v) is 8.72. The van der Waals surface area contributed by atoms with E-state index in [0.717, 1.165) is 0 Å². The van der Waals surface area contributed by atoms with Crippen molar-refractivity contribution in [2.45, 2.75) is 40.7 Å². The van der Waals surface area contributed by atoms with Crippen LogP contribution in [0.3, 0.4) is 0 Å². The SMILES string of the molecule is COc1cc(/C=C/C(=O)Nc2cccc(NC(=O)C(C)(C)C)c2)cc(Cl)c1OC(C)C. The van der Waals surface area contributed by atoms with Gasteiger partial charge in [-0.3, -0.25) is 9.59 Å². The molecule has 2 rings (SSSR count). The summed E-state index contributed by atoms with van der Waals surface area (Å²) in [5.41, 5.74) is 1.36. The summed E-state index contributed by atoms with van der Waals surface area (Å²) in [6, 6.07) is 10.4. The highest BCUT2D eigenvalue weighted by atomic mass is 35.5. The molecule has 2 aromatic rings. The molecule has 0 aromatic heterocycles. The second kappa shape index (κ2) is 10.4. The van der Waals surface area contributed by atoms with Crippen LogP contribution in [0.1, 0.15) is 40.2 Å². The minimum Gasteiger partial charge on any atom is -0.493 e. The minimum atomic E-state index is -0.514. The van der Waals surface area contributed by atoms with Gasteiger partial charge in [0.2, 0.25) is 11.8 Å². The normalized spacial score (nSPS) is 11.5. The van der Waals surface area contributed by atoms with Crippen LogP contribution < -0.4 is 20.1 Å². The van der Waals surface area contributed by atoms with Crippen LogP contribution in [0.5, 0.6) is 11.5 Å². The third kappa shape index (κ3) is 7.33. The lowest BCUT2D eigenvalue weighted by atomic mass is 9.95. The predicted octanol–water partition coefficient (Wildman–Crippen LogP) is 5.77. The highest BCUT2D eigenvalue weighted by Gasteiger charge is 2.21. The Morgan fingerprint density at radius 3 is 2.29 bits per heavy atom. The molecule has 0 radical (unpaired) electrons. The van der Waals surface area contributed by atoms with E-state index in [4.69, 9.17) is 21.1 Å². The predicted molar refractivity (Wildman–Crippen MR) is 126 cm³/mol. The molecule has 2 amide bonds. The van der Waals surface area contributed by atoms with E-state index in [9.17, 15) is 9.59 Å². The van der Waals surface area contributed by atoms with Crippen molar-refractivity contribution in [2.24, 2.45) is 5.41 Å². The van der Waals surface area contributed by atoms with Crippen LogP contribution in [0.4, 0.5) is 11.4 Å². The van der Waals surface area contributed by atoms with Crippen molar-refractivity contribution in [2.75, 3.05) is 17.7 Å². The van der Waals surface area contributed by atoms with Gasteiger partial charge in [-0.25, -0.2) is 0 Å². The molecule has 31 heavy (non-hydrogen) atoms. The Bertz CT molecular complexity index is 978. The van der Waals surface area contributed by atoms with Gasteiger partial charge in [-0.2, -0.15) is 0 Å². The molecule has 6 nitrogen and oxygen atoms in total. The van der Waals surface area contributed by atoms with Crippen molar-refractivity contribution in [3.63, 3.8) is 0 Å². The number of benzene rings is 2. The fourth-order valence-electron chi connectivity index (χ4n) is 2.54. The zero-order valence-corrected chi connectivity index (χ0v) is 19.5. The van der Waals surface area contributed by atoms with Crippen molar-refractivity contribution in [3.05, 3.63) is 53.1 Å². The molecule has 0 aliphatic rings. The molecule has 0 aliphatic carbocycles. The van der Waals surface area contributed by atoms with E-state index in [1.54, 1.807) is 42.5 Å². The van der Waals surface area contributed by atoms with Crippen molar-refractivity contribution in [1.29, 1.82) is 0 Å². The molecule has 7 heteroatoms. The number of methoxy groups -OCH3 is 1. The van der Waals surface area contributed by atoms with E-state index < -0.39 is 5.41 Å². The summed E-state index contributed by atoms with van der Waals surface area (Å²) in [4.78, 5) is 24.5. The van der Waals surface area contributed by atoms with Gasteiger partial charge in [0.1, 0.15) is 0 Å². The molecule has 2 aromatic carbocycles. The number of hydrogen-bond donors (Lipinski definition) is 2. The van der Waals surface area contributed by atoms with E-state index in [2.05, 4.69) is 10.6 Å². The first kappa shape index (κ1) is 24.3. The van der Waals surface area contributed by atoms with E-state index in [1.165, 1.54) is 13.2 Å². The molecular weight excluding hydrogens is 416 g/mol. The third-order valence-corrected chi connectivity index (χ3v) is 4.38. The first-order chi connectivity index (χ1) is 14.5. The van der Waals surface area contributed by atoms with Crippen molar-refractivity contribution in [3.8, 4) is 11.5 Å². The summed E-state index contributed by atoms with van der Waals surface area (Å²) in [5, 5.41) is 6.02. The maximum absolute atomic E-state index is 12.4. The second-order valence-electron chi connectivity index (χ2n) is 8.31. The summed E-state index contributed by atoms with van der Waals surface area (Å²) < 4.78 is 11.1. The molecule has 0 aliphatic heterocycles. The molecular formula is C24H29ClN2O4. The van der Waals surface area contributed by atoms with E-state index in [-0.39, 0.29) is 17.9 Å². The topological polar surface area (TPSA) is 76.7 Å². The number of carbonyl (C=O) groups excluding carboxylic acids is 2. The average Bonchev–Trinajstić information content (AvgIpc) is 2.67. The molecule has 166 valence electrons. The van der Waals surface area contributed by atoms with Gasteiger partial charge in [0.05, 0.1) is 18.2 Å². The van der Waals surface area contributed by atoms with Gasteiger partial charge in [-0.15, -0.1) is 0 Å². The van der Waals surface area contributed by atoms with Crippen molar-refractivity contribution >= 4 is 40.9 Å². The highest BCUT2D eigenvalue weighted by molar-refractivity contribution is 6.32. The maximum atomic E-state index is 12.4. The van der Waals surface area contributed by atoms with E-state index >= 15 is 0 Å². The first-order valence-corrected chi connectivity index (χ1v) is 10.3. The molecule has 0 spiro atoms. The molecule has 0 saturated carbocycles. The lowest BCUT2D eigenvalue weighted by molar-refractivity contribution is -0.123. The molecule has 2 N–H and O–H groups in total. The molecule has 0 fully saturated rings. The van der Waals surface area contributed by atoms with Gasteiger partial charge in [0.25, 0.3) is 0 Å². The lowest BCUT2D eigenvalue weighted by Gasteiger charge is -2.18. The Labute approximate surface area is 188 Å². The number of ether oxygens (including phenoxy) is 2. The van der Waals surface area contributed by atoms with Crippen LogP contribution >= 0.6 is 11.6 Å². The number of nitrogens with one attached hydrogen (secondary N) is 2. The fourth-order valence-corrected chi connectivity index (χ4v) is 2.80. The number of amides is 2. The Kier molecular flexibility index (Phi) is 8.11. The van der Waals surface area contributed by atoms with Crippen LogP contribution in [0.2, 0.25) is 5.02 Å². The fraction of sp³-hybridized carbons (Fsp3) is 0.333. The Morgan fingerprint density at radius 2 is 1.71 bits per heavy atom. The van der Waals surface area contributed by atoms with E-state index in [0.29, 0.717) is 33.5 Å². The number of halogens is 1. The zero-order valence-electron chi connectivity index (χ0n) is 18.7. The first-order valence-electron chi connectivity index (χ1n) is 9.94. The van der Waals surface area contributed by atoms with Crippen molar-refractivity contribution in [1.82, 2.24) is 0 Å². The largest absolute Gasteiger partial charge is 0.493 e. The summed E-state index contributed by atoms with van der Waals surface area (Å²) >= 11 is 6.32. The van der Waals surface area contributed by atoms with E-state index in [1.807, 2.05) is 34.6 Å². The molecule has 0 unspecified atom stereocenters. The molecule has 0 bridgehead atoms. The number of hydrogen-bond acceptors (Lipinski definition) is 4. The van der Waals surface area contributed by atoms with Gasteiger partial charge in [0, 0.05) is 22.9 Å². The standard InChI is InChI=1S/C24H29ClN2O4/c1-15(2)31-22-19(25)12-16(13-20(22)30-6)10-11-21(28)26-17-8-7-9-18(14-17)27-23(29)24(3,4)5/h7-15H,1-6H3,(H,26,28)(H,27,29)/b11-10+. The molecule has 0 heterocycles. The lowest BCUT2D eigenvalue weighted by Crippen LogP contribution is -2.27. The van der Waals surface area contributed by atoms with Crippen molar-refractivity contribution < 1.29 is 19.1 Å². The third-order valence-electron chi connectivity index (χ3n) is 4.10. The van der Waals surface area contributed by atoms with Crippen LogP contribution in [0.25, 0.3) is 6.08 Å². The maximum Gasteiger partial charge on any atom is 0.248 e. The zero-order chi connectivity index (χ0) is 23.2. The average molecular weight is 445 g/mol. The molecule has 0 atom stereocenters. The number of carbonyl (C=O) groups is 2. The van der Waals surface area contributed by atoms with Gasteiger partial charge in [0.15, 0.2) is 11.5 Å². The Hall–Kier alpha value is -2.99. The van der Waals surface area contributed by atoms with Crippen LogP contribution in [0, 0.1) is 5.41 Å². The minimum absolute atomic E-state index is 0.0532. The quantitative estimate of drug-likeness (QED) is 0.531. The monoisotopic (exact) mass is 444 g/mol. The van der Waals surface area contributed by atoms with Gasteiger partial charge < -0.3 is 20.1 Å². The highest BCUT2D eigenvalue weighted by Crippen LogP contribution is 2.37. The summed E-state index contributed by atoms with van der Waals surface area (Å²) in [7, 11) is 1.53. The summed E-state index contributed by atoms with van der Waals surface area (Å²) in [5.74, 6) is 0.530. The van der Waals surface area contributed by atoms with Gasteiger partial charge in [-0.05, 0) is 55.8 Å². The smallest absolute Gasteiger partial charge is 0.248 e. The van der Waals surface area contributed by atoms with Crippen LogP contribution in [-0.2, 0) is 9.59 Å². The Morgan fingerprint density at radius 1 is 1.06 bits per heavy atom. The number of anilines is 2. The van der Waals surface area contributed by atoms with Crippen LogP contribution in [-0.4, -0.2) is 25.0 Å². The number of rotatable bonds is 7.